The molecule has 1 atom stereocenters. The van der Waals surface area contributed by atoms with Crippen molar-refractivity contribution in [1.82, 2.24) is 19.5 Å². The van der Waals surface area contributed by atoms with Crippen LogP contribution in [0.5, 0.6) is 0 Å². The van der Waals surface area contributed by atoms with Gasteiger partial charge < -0.3 is 4.42 Å². The Morgan fingerprint density at radius 3 is 2.00 bits per heavy atom. The highest BCUT2D eigenvalue weighted by Gasteiger charge is 2.29. The molecule has 4 aromatic heterocycles. The molecule has 6 heteroatoms. The minimum Gasteiger partial charge on any atom is -0.455 e. The van der Waals surface area contributed by atoms with Crippen molar-refractivity contribution in [3.63, 3.8) is 0 Å². The van der Waals surface area contributed by atoms with Crippen LogP contribution < -0.4 is 0 Å². The molecule has 300 valence electrons. The van der Waals surface area contributed by atoms with E-state index in [0.717, 1.165) is 67.7 Å². The molecule has 0 bridgehead atoms. The minimum atomic E-state index is 0.124. The number of thiophene rings is 1. The largest absolute Gasteiger partial charge is 0.455 e. The topological polar surface area (TPSA) is 56.7 Å². The second-order valence-electron chi connectivity index (χ2n) is 17.0. The Bertz CT molecular complexity index is 4010. The lowest BCUT2D eigenvalue weighted by molar-refractivity contribution is 0.668. The molecule has 14 rings (SSSR count). The molecule has 5 nitrogen and oxygen atoms in total. The molecule has 0 spiro atoms. The summed E-state index contributed by atoms with van der Waals surface area (Å²) in [7, 11) is 0. The summed E-state index contributed by atoms with van der Waals surface area (Å²) < 4.78 is 11.6. The van der Waals surface area contributed by atoms with E-state index in [9.17, 15) is 0 Å². The Labute approximate surface area is 371 Å². The van der Waals surface area contributed by atoms with E-state index in [-0.39, 0.29) is 5.92 Å². The first-order chi connectivity index (χ1) is 31.7. The minimum absolute atomic E-state index is 0.124. The van der Waals surface area contributed by atoms with Crippen LogP contribution in [0.4, 0.5) is 0 Å². The molecular formula is C58H36N4OS. The summed E-state index contributed by atoms with van der Waals surface area (Å²) >= 11 is 1.80. The zero-order valence-electron chi connectivity index (χ0n) is 34.5. The van der Waals surface area contributed by atoms with E-state index in [1.165, 1.54) is 58.8 Å². The maximum absolute atomic E-state index is 7.01. The highest BCUT2D eigenvalue weighted by Crippen LogP contribution is 2.48. The number of nitrogens with zero attached hydrogens (tertiary/aromatic N) is 4. The lowest BCUT2D eigenvalue weighted by Gasteiger charge is -2.20. The van der Waals surface area contributed by atoms with Crippen molar-refractivity contribution in [1.29, 1.82) is 0 Å². The van der Waals surface area contributed by atoms with Crippen molar-refractivity contribution in [2.24, 2.45) is 0 Å². The molecule has 64 heavy (non-hydrogen) atoms. The number of rotatable bonds is 4. The fraction of sp³-hybridized carbons (Fsp3) is 0.0517. The second kappa shape index (κ2) is 13.8. The predicted octanol–water partition coefficient (Wildman–Crippen LogP) is 15.5. The summed E-state index contributed by atoms with van der Waals surface area (Å²) in [6.45, 7) is 0. The van der Waals surface area contributed by atoms with Gasteiger partial charge in [0, 0.05) is 53.2 Å². The molecule has 0 amide bonds. The number of para-hydroxylation sites is 3. The van der Waals surface area contributed by atoms with Crippen molar-refractivity contribution in [3.05, 3.63) is 205 Å². The normalized spacial score (nSPS) is 14.0. The van der Waals surface area contributed by atoms with Crippen molar-refractivity contribution in [2.75, 3.05) is 0 Å². The van der Waals surface area contributed by atoms with Crippen LogP contribution in [-0.2, 0) is 6.42 Å². The first-order valence-corrected chi connectivity index (χ1v) is 22.8. The number of hydrogen-bond donors (Lipinski definition) is 0. The van der Waals surface area contributed by atoms with Crippen LogP contribution in [0.1, 0.15) is 29.0 Å². The van der Waals surface area contributed by atoms with Gasteiger partial charge in [-0.1, -0.05) is 146 Å². The quantitative estimate of drug-likeness (QED) is 0.177. The standard InChI is InChI=1S/C58H36N4OS/c1-2-14-35-32-48-36(31-34(35)13-1)25-27-40(38-15-3-4-16-39(38)48)45-29-30-47(55-54(45)46-20-7-11-23-51(46)63-55)57-59-56(37-26-28-44-43-19-8-12-24-52(43)64-53(44)33-37)60-58(61-57)62-49-21-9-5-17-41(49)42-18-6-10-22-50(42)62/h1-24,26,28-33,40H,25,27H2. The number of aromatic nitrogens is 4. The molecule has 0 saturated carbocycles. The smallest absolute Gasteiger partial charge is 0.238 e. The summed E-state index contributed by atoms with van der Waals surface area (Å²) in [6.07, 6.45) is 1.92. The molecule has 1 unspecified atom stereocenters. The highest BCUT2D eigenvalue weighted by atomic mass is 32.1. The summed E-state index contributed by atoms with van der Waals surface area (Å²) in [5.74, 6) is 1.86. The van der Waals surface area contributed by atoms with Crippen LogP contribution in [0.15, 0.2) is 192 Å². The van der Waals surface area contributed by atoms with Crippen LogP contribution in [0, 0.1) is 0 Å². The van der Waals surface area contributed by atoms with Crippen LogP contribution >= 0.6 is 11.3 Å². The van der Waals surface area contributed by atoms with Gasteiger partial charge in [0.05, 0.1) is 16.6 Å². The van der Waals surface area contributed by atoms with Gasteiger partial charge in [0.25, 0.3) is 0 Å². The van der Waals surface area contributed by atoms with Crippen LogP contribution in [-0.4, -0.2) is 19.5 Å². The summed E-state index contributed by atoms with van der Waals surface area (Å²) in [5, 5.41) is 9.54. The van der Waals surface area contributed by atoms with Crippen LogP contribution in [0.2, 0.25) is 0 Å². The molecule has 9 aromatic carbocycles. The Kier molecular flexibility index (Phi) is 7.68. The first-order valence-electron chi connectivity index (χ1n) is 21.9. The summed E-state index contributed by atoms with van der Waals surface area (Å²) in [6, 6.07) is 67.7. The molecular weight excluding hydrogens is 801 g/mol. The van der Waals surface area contributed by atoms with Gasteiger partial charge in [0.15, 0.2) is 11.6 Å². The van der Waals surface area contributed by atoms with E-state index in [0.29, 0.717) is 17.6 Å². The Morgan fingerprint density at radius 2 is 1.16 bits per heavy atom. The maximum atomic E-state index is 7.01. The number of aryl methyl sites for hydroxylation is 1. The van der Waals surface area contributed by atoms with E-state index in [2.05, 4.69) is 193 Å². The van der Waals surface area contributed by atoms with E-state index in [1.807, 2.05) is 0 Å². The predicted molar refractivity (Wildman–Crippen MR) is 265 cm³/mol. The van der Waals surface area contributed by atoms with Crippen molar-refractivity contribution in [2.45, 2.75) is 18.8 Å². The molecule has 13 aromatic rings. The lowest BCUT2D eigenvalue weighted by Crippen LogP contribution is -2.07. The molecule has 0 N–H and O–H groups in total. The van der Waals surface area contributed by atoms with E-state index in [4.69, 9.17) is 19.4 Å². The van der Waals surface area contributed by atoms with Gasteiger partial charge in [-0.25, -0.2) is 4.98 Å². The Hall–Kier alpha value is -7.93. The number of hydrogen-bond acceptors (Lipinski definition) is 5. The van der Waals surface area contributed by atoms with Gasteiger partial charge in [0.2, 0.25) is 5.95 Å². The zero-order chi connectivity index (χ0) is 41.9. The number of benzene rings is 9. The van der Waals surface area contributed by atoms with E-state index >= 15 is 0 Å². The van der Waals surface area contributed by atoms with Gasteiger partial charge in [-0.3, -0.25) is 4.57 Å². The average Bonchev–Trinajstić information content (AvgIpc) is 4.00. The fourth-order valence-corrected chi connectivity index (χ4v) is 11.8. The molecule has 0 saturated heterocycles. The van der Waals surface area contributed by atoms with Gasteiger partial charge in [0.1, 0.15) is 11.2 Å². The molecule has 1 aliphatic rings. The fourth-order valence-electron chi connectivity index (χ4n) is 10.6. The van der Waals surface area contributed by atoms with Crippen molar-refractivity contribution >= 4 is 86.0 Å². The zero-order valence-corrected chi connectivity index (χ0v) is 35.3. The molecule has 0 radical (unpaired) electrons. The maximum Gasteiger partial charge on any atom is 0.238 e. The monoisotopic (exact) mass is 836 g/mol. The second-order valence-corrected chi connectivity index (χ2v) is 18.1. The summed E-state index contributed by atoms with van der Waals surface area (Å²) in [5.41, 5.74) is 12.1. The van der Waals surface area contributed by atoms with E-state index < -0.39 is 0 Å². The van der Waals surface area contributed by atoms with Crippen LogP contribution in [0.3, 0.4) is 0 Å². The lowest BCUT2D eigenvalue weighted by atomic mass is 9.83. The van der Waals surface area contributed by atoms with Gasteiger partial charge in [-0.05, 0) is 93.9 Å². The van der Waals surface area contributed by atoms with Gasteiger partial charge >= 0.3 is 0 Å². The third-order valence-corrected chi connectivity index (χ3v) is 14.6. The first kappa shape index (κ1) is 35.6. The van der Waals surface area contributed by atoms with Crippen molar-refractivity contribution in [3.8, 4) is 39.9 Å². The van der Waals surface area contributed by atoms with Crippen molar-refractivity contribution < 1.29 is 4.42 Å². The third-order valence-electron chi connectivity index (χ3n) is 13.5. The Balaban J connectivity index is 1.01. The average molecular weight is 837 g/mol. The number of fused-ring (bicyclic) bond motifs is 13. The van der Waals surface area contributed by atoms with Gasteiger partial charge in [-0.2, -0.15) is 9.97 Å². The van der Waals surface area contributed by atoms with Crippen LogP contribution in [0.25, 0.3) is 115 Å². The Morgan fingerprint density at radius 1 is 0.484 bits per heavy atom. The molecule has 0 fully saturated rings. The third kappa shape index (κ3) is 5.33. The highest BCUT2D eigenvalue weighted by molar-refractivity contribution is 7.25. The molecule has 4 heterocycles. The SMILES string of the molecule is c1ccc2c(c1)-c1cc3ccccc3cc1CCC2c1ccc(-c2nc(-c3ccc4c(c3)sc3ccccc34)nc(-n3c4ccccc4c4ccccc43)n2)c2oc3ccccc3c12. The van der Waals surface area contributed by atoms with E-state index in [1.54, 1.807) is 11.3 Å². The molecule has 0 aliphatic heterocycles. The summed E-state index contributed by atoms with van der Waals surface area (Å²) in [4.78, 5) is 16.1. The number of furan rings is 1. The van der Waals surface area contributed by atoms with Gasteiger partial charge in [-0.15, -0.1) is 11.3 Å². The molecule has 1 aliphatic carbocycles.